The van der Waals surface area contributed by atoms with Crippen LogP contribution in [0.1, 0.15) is 64.9 Å². The molecule has 0 aliphatic carbocycles. The van der Waals surface area contributed by atoms with Gasteiger partial charge in [-0.3, -0.25) is 38.3 Å². The molecule has 2 aromatic heterocycles. The lowest BCUT2D eigenvalue weighted by Crippen LogP contribution is -2.45. The maximum atomic E-state index is 13.0. The van der Waals surface area contributed by atoms with E-state index in [2.05, 4.69) is 20.3 Å². The van der Waals surface area contributed by atoms with Crippen molar-refractivity contribution in [2.75, 3.05) is 38.8 Å². The third-order valence-corrected chi connectivity index (χ3v) is 12.7. The summed E-state index contributed by atoms with van der Waals surface area (Å²) in [5.41, 5.74) is -1.08. The van der Waals surface area contributed by atoms with Gasteiger partial charge in [-0.2, -0.15) is 4.98 Å². The van der Waals surface area contributed by atoms with Crippen LogP contribution in [0.5, 0.6) is 0 Å². The minimum absolute atomic E-state index is 0.00648. The van der Waals surface area contributed by atoms with Crippen LogP contribution in [0.2, 0.25) is 0 Å². The highest BCUT2D eigenvalue weighted by Crippen LogP contribution is 2.61. The molecule has 4 saturated heterocycles. The summed E-state index contributed by atoms with van der Waals surface area (Å²) in [6.07, 6.45) is -0.921. The molecule has 54 heavy (non-hydrogen) atoms. The van der Waals surface area contributed by atoms with Crippen molar-refractivity contribution in [3.8, 4) is 0 Å². The number of aliphatic hydroxyl groups excluding tert-OH is 1. The molecule has 3 N–H and O–H groups in total. The topological polar surface area (TPSA) is 198 Å². The number of likely N-dealkylation sites (tertiary alicyclic amines) is 1. The first-order valence-corrected chi connectivity index (χ1v) is 20.7. The Morgan fingerprint density at radius 1 is 1.26 bits per heavy atom. The van der Waals surface area contributed by atoms with E-state index in [1.807, 2.05) is 37.3 Å². The molecule has 0 saturated carbocycles. The average molecular weight is 791 g/mol. The van der Waals surface area contributed by atoms with Crippen LogP contribution < -0.4 is 10.9 Å². The van der Waals surface area contributed by atoms with Gasteiger partial charge in [0.05, 0.1) is 44.4 Å². The number of nitrogens with zero attached hydrogens (tertiary/aromatic N) is 4. The molecule has 294 valence electrons. The van der Waals surface area contributed by atoms with Crippen LogP contribution in [0.3, 0.4) is 0 Å². The number of aromatic amines is 1. The first-order chi connectivity index (χ1) is 25.8. The van der Waals surface area contributed by atoms with Gasteiger partial charge in [0, 0.05) is 32.9 Å². The van der Waals surface area contributed by atoms with Gasteiger partial charge < -0.3 is 33.5 Å². The molecule has 0 spiro atoms. The van der Waals surface area contributed by atoms with Crippen molar-refractivity contribution in [1.82, 2.24) is 24.4 Å². The predicted octanol–water partition coefficient (Wildman–Crippen LogP) is 2.96. The number of anilines is 1. The van der Waals surface area contributed by atoms with E-state index in [1.54, 1.807) is 25.9 Å². The fourth-order valence-corrected chi connectivity index (χ4v) is 10.0. The molecule has 19 heteroatoms. The summed E-state index contributed by atoms with van der Waals surface area (Å²) >= 11 is 6.27. The highest BCUT2D eigenvalue weighted by Gasteiger charge is 2.65. The standard InChI is InChI=1S/C35H47N6O11PS/c1-19(2)31(44)38-34-37-30-26(32(45)39-34)36-18-41(30)33-28-29(35(16-42,50-33)17-47-28)52-53(54,48-15-25-24(46-5)14-20(3)49-25)51-27(22-10-7-6-8-11-22)23-12-9-13-40(23)21(4)43/h6-8,10-11,18-20,23-25,27-29,33,42H,9,12-17H2,1-5H3,(H2,37,38,39,44,45)/t20-,23-,24+,25+,27+,28?,29+,33+,35-,53+/m0/s1. The lowest BCUT2D eigenvalue weighted by atomic mass is 10.0. The Balaban J connectivity index is 1.23. The van der Waals surface area contributed by atoms with E-state index in [0.717, 1.165) is 12.0 Å². The second-order valence-corrected chi connectivity index (χ2v) is 17.4. The summed E-state index contributed by atoms with van der Waals surface area (Å²) in [4.78, 5) is 51.3. The molecule has 4 aliphatic rings. The molecule has 17 nitrogen and oxygen atoms in total. The van der Waals surface area contributed by atoms with Gasteiger partial charge in [0.2, 0.25) is 17.8 Å². The summed E-state index contributed by atoms with van der Waals surface area (Å²) in [6, 6.07) is 9.14. The molecule has 2 amide bonds. The number of methoxy groups -OCH3 is 1. The number of aromatic nitrogens is 4. The number of H-pyrrole nitrogens is 1. The van der Waals surface area contributed by atoms with E-state index in [1.165, 1.54) is 17.8 Å². The van der Waals surface area contributed by atoms with Crippen molar-refractivity contribution in [2.45, 2.75) is 101 Å². The number of aliphatic hydroxyl groups is 1. The first-order valence-electron chi connectivity index (χ1n) is 18.1. The number of rotatable bonds is 14. The Morgan fingerprint density at radius 2 is 2.04 bits per heavy atom. The smallest absolute Gasteiger partial charge is 0.328 e. The van der Waals surface area contributed by atoms with E-state index in [4.69, 9.17) is 44.3 Å². The number of amides is 2. The van der Waals surface area contributed by atoms with Crippen LogP contribution in [0.4, 0.5) is 5.95 Å². The monoisotopic (exact) mass is 790 g/mol. The van der Waals surface area contributed by atoms with E-state index in [0.29, 0.717) is 19.4 Å². The molecular weight excluding hydrogens is 743 g/mol. The summed E-state index contributed by atoms with van der Waals surface area (Å²) < 4.78 is 46.3. The molecule has 0 radical (unpaired) electrons. The summed E-state index contributed by atoms with van der Waals surface area (Å²) in [6.45, 7) is 3.07. The van der Waals surface area contributed by atoms with Crippen molar-refractivity contribution >= 4 is 47.5 Å². The van der Waals surface area contributed by atoms with Gasteiger partial charge in [-0.25, -0.2) is 4.98 Å². The Labute approximate surface area is 317 Å². The maximum absolute atomic E-state index is 13.0. The average Bonchev–Trinajstić information content (AvgIpc) is 3.99. The molecule has 1 aromatic carbocycles. The lowest BCUT2D eigenvalue weighted by Gasteiger charge is -2.37. The van der Waals surface area contributed by atoms with Gasteiger partial charge in [0.15, 0.2) is 17.4 Å². The number of ether oxygens (including phenoxy) is 4. The number of hydrogen-bond acceptors (Lipinski definition) is 14. The van der Waals surface area contributed by atoms with Crippen LogP contribution >= 0.6 is 6.72 Å². The Kier molecular flexibility index (Phi) is 11.4. The largest absolute Gasteiger partial charge is 0.393 e. The van der Waals surface area contributed by atoms with Gasteiger partial charge in [0.25, 0.3) is 5.56 Å². The molecule has 7 rings (SSSR count). The zero-order valence-electron chi connectivity index (χ0n) is 30.8. The van der Waals surface area contributed by atoms with Gasteiger partial charge >= 0.3 is 6.72 Å². The Bertz CT molecular complexity index is 1950. The van der Waals surface area contributed by atoms with Crippen molar-refractivity contribution in [2.24, 2.45) is 5.92 Å². The number of imidazole rings is 1. The highest BCUT2D eigenvalue weighted by molar-refractivity contribution is 8.07. The maximum Gasteiger partial charge on any atom is 0.328 e. The van der Waals surface area contributed by atoms with Crippen LogP contribution in [-0.4, -0.2) is 117 Å². The third kappa shape index (κ3) is 7.53. The summed E-state index contributed by atoms with van der Waals surface area (Å²) in [5, 5.41) is 13.5. The zero-order chi connectivity index (χ0) is 38.4. The molecule has 4 aliphatic heterocycles. The van der Waals surface area contributed by atoms with Crippen LogP contribution in [-0.2, 0) is 53.9 Å². The molecule has 6 heterocycles. The van der Waals surface area contributed by atoms with Crippen molar-refractivity contribution in [1.29, 1.82) is 0 Å². The molecule has 3 aromatic rings. The summed E-state index contributed by atoms with van der Waals surface area (Å²) in [7, 11) is 1.61. The Hall–Kier alpha value is -3.16. The number of hydrogen-bond donors (Lipinski definition) is 3. The SMILES string of the molecule is CO[C@@H]1C[C@H](C)O[C@@H]1CO[P@@](=S)(O[C@H](c1ccccc1)[C@@H]1CCCN1C(C)=O)O[C@@H]1C2OC[C@]1(CO)O[C@H]2n1cnc2c(=O)[nH]c(NC(=O)C(C)C)nc21. The second kappa shape index (κ2) is 15.8. The first kappa shape index (κ1) is 39.1. The number of carbonyl (C=O) groups is 2. The van der Waals surface area contributed by atoms with Gasteiger partial charge in [-0.05, 0) is 37.1 Å². The third-order valence-electron chi connectivity index (χ3n) is 10.5. The molecule has 1 unspecified atom stereocenters. The number of nitrogens with one attached hydrogen (secondary N) is 2. The van der Waals surface area contributed by atoms with Gasteiger partial charge in [-0.15, -0.1) is 0 Å². The predicted molar refractivity (Wildman–Crippen MR) is 197 cm³/mol. The quantitative estimate of drug-likeness (QED) is 0.202. The summed E-state index contributed by atoms with van der Waals surface area (Å²) in [5.74, 6) is -0.848. The second-order valence-electron chi connectivity index (χ2n) is 14.5. The van der Waals surface area contributed by atoms with Crippen molar-refractivity contribution in [3.63, 3.8) is 0 Å². The fraction of sp³-hybridized carbons (Fsp3) is 0.629. The molecular formula is C35H47N6O11PS. The number of benzene rings is 1. The van der Waals surface area contributed by atoms with Crippen molar-refractivity contribution < 1.29 is 47.2 Å². The lowest BCUT2D eigenvalue weighted by molar-refractivity contribution is -0.185. The molecule has 2 bridgehead atoms. The van der Waals surface area contributed by atoms with Crippen LogP contribution in [0.15, 0.2) is 41.5 Å². The minimum Gasteiger partial charge on any atom is -0.393 e. The van der Waals surface area contributed by atoms with Gasteiger partial charge in [0.1, 0.15) is 30.0 Å². The van der Waals surface area contributed by atoms with E-state index < -0.39 is 55.1 Å². The Morgan fingerprint density at radius 3 is 2.74 bits per heavy atom. The number of carbonyl (C=O) groups excluding carboxylic acids is 2. The normalized spacial score (nSPS) is 31.0. The minimum atomic E-state index is -3.85. The highest BCUT2D eigenvalue weighted by atomic mass is 32.5. The van der Waals surface area contributed by atoms with Crippen molar-refractivity contribution in [3.05, 3.63) is 52.6 Å². The van der Waals surface area contributed by atoms with E-state index >= 15 is 0 Å². The zero-order valence-corrected chi connectivity index (χ0v) is 32.5. The van der Waals surface area contributed by atoms with Gasteiger partial charge in [-0.1, -0.05) is 44.2 Å². The number of fused-ring (bicyclic) bond motifs is 3. The van der Waals surface area contributed by atoms with Crippen LogP contribution in [0.25, 0.3) is 11.2 Å². The molecule has 10 atom stereocenters. The fourth-order valence-electron chi connectivity index (χ4n) is 7.66. The molecule has 4 fully saturated rings. The van der Waals surface area contributed by atoms with E-state index in [9.17, 15) is 19.5 Å². The van der Waals surface area contributed by atoms with E-state index in [-0.39, 0.29) is 66.3 Å². The van der Waals surface area contributed by atoms with Crippen LogP contribution in [0, 0.1) is 5.92 Å².